The third-order valence-electron chi connectivity index (χ3n) is 3.52. The maximum absolute atomic E-state index is 12.5. The van der Waals surface area contributed by atoms with Crippen molar-refractivity contribution in [3.63, 3.8) is 0 Å². The Balaban J connectivity index is 3.04. The molecule has 0 amide bonds. The van der Waals surface area contributed by atoms with Crippen LogP contribution in [0.5, 0.6) is 0 Å². The van der Waals surface area contributed by atoms with E-state index in [4.69, 9.17) is 4.74 Å². The van der Waals surface area contributed by atoms with E-state index in [1.165, 1.54) is 7.11 Å². The molecule has 0 fully saturated rings. The Labute approximate surface area is 133 Å². The van der Waals surface area contributed by atoms with Gasteiger partial charge in [-0.05, 0) is 37.5 Å². The molecule has 1 atom stereocenters. The highest BCUT2D eigenvalue weighted by molar-refractivity contribution is 7.89. The summed E-state index contributed by atoms with van der Waals surface area (Å²) < 4.78 is 32.2. The minimum atomic E-state index is -3.78. The van der Waals surface area contributed by atoms with Gasteiger partial charge in [0, 0.05) is 0 Å². The summed E-state index contributed by atoms with van der Waals surface area (Å²) in [4.78, 5) is 12.1. The first kappa shape index (κ1) is 18.6. The van der Waals surface area contributed by atoms with Gasteiger partial charge in [0.05, 0.1) is 12.0 Å². The van der Waals surface area contributed by atoms with Gasteiger partial charge in [-0.15, -0.1) is 0 Å². The number of carbonyl (C=O) groups excluding carboxylic acids is 1. The van der Waals surface area contributed by atoms with Crippen molar-refractivity contribution in [2.45, 2.75) is 56.9 Å². The molecule has 0 aliphatic rings. The second-order valence-corrected chi connectivity index (χ2v) is 7.26. The minimum absolute atomic E-state index is 0.151. The van der Waals surface area contributed by atoms with E-state index in [9.17, 15) is 13.2 Å². The number of hydrogen-bond acceptors (Lipinski definition) is 4. The van der Waals surface area contributed by atoms with Gasteiger partial charge in [0.1, 0.15) is 5.54 Å². The summed E-state index contributed by atoms with van der Waals surface area (Å²) in [7, 11) is -2.52. The Hall–Kier alpha value is -1.40. The van der Waals surface area contributed by atoms with E-state index < -0.39 is 21.5 Å². The molecule has 0 bridgehead atoms. The van der Waals surface area contributed by atoms with E-state index >= 15 is 0 Å². The molecule has 5 nitrogen and oxygen atoms in total. The lowest BCUT2D eigenvalue weighted by Gasteiger charge is -2.27. The van der Waals surface area contributed by atoms with Crippen LogP contribution in [0.1, 0.15) is 45.6 Å². The van der Waals surface area contributed by atoms with Gasteiger partial charge in [-0.2, -0.15) is 4.72 Å². The van der Waals surface area contributed by atoms with Gasteiger partial charge in [0.15, 0.2) is 0 Å². The monoisotopic (exact) mass is 327 g/mol. The number of hydrogen-bond donors (Lipinski definition) is 1. The Bertz CT molecular complexity index is 595. The standard InChI is InChI=1S/C16H25NO4S/c1-5-7-13-8-10-14(11-9-13)22(19,20)17-16(3,12-6-2)15(18)21-4/h8-11,17H,5-7,12H2,1-4H3. The van der Waals surface area contributed by atoms with Gasteiger partial charge in [-0.1, -0.05) is 38.8 Å². The number of benzene rings is 1. The maximum atomic E-state index is 12.5. The van der Waals surface area contributed by atoms with Crippen molar-refractivity contribution in [3.05, 3.63) is 29.8 Å². The molecule has 124 valence electrons. The predicted octanol–water partition coefficient (Wildman–Crippen LogP) is 2.65. The number of esters is 1. The second-order valence-electron chi connectivity index (χ2n) is 5.57. The molecular formula is C16H25NO4S. The van der Waals surface area contributed by atoms with E-state index in [0.29, 0.717) is 12.8 Å². The van der Waals surface area contributed by atoms with Crippen LogP contribution in [0.3, 0.4) is 0 Å². The average Bonchev–Trinajstić information content (AvgIpc) is 2.47. The van der Waals surface area contributed by atoms with Crippen molar-refractivity contribution in [3.8, 4) is 0 Å². The van der Waals surface area contributed by atoms with Crippen LogP contribution in [-0.2, 0) is 26.0 Å². The third kappa shape index (κ3) is 4.55. The molecule has 0 heterocycles. The number of carbonyl (C=O) groups is 1. The topological polar surface area (TPSA) is 72.5 Å². The van der Waals surface area contributed by atoms with Crippen molar-refractivity contribution >= 4 is 16.0 Å². The van der Waals surface area contributed by atoms with E-state index in [1.807, 2.05) is 6.92 Å². The summed E-state index contributed by atoms with van der Waals surface area (Å²) in [5.74, 6) is -0.583. The van der Waals surface area contributed by atoms with Crippen molar-refractivity contribution in [2.75, 3.05) is 7.11 Å². The number of aryl methyl sites for hydroxylation is 1. The van der Waals surface area contributed by atoms with Crippen LogP contribution in [0.4, 0.5) is 0 Å². The van der Waals surface area contributed by atoms with Gasteiger partial charge in [-0.25, -0.2) is 8.42 Å². The molecule has 0 radical (unpaired) electrons. The third-order valence-corrected chi connectivity index (χ3v) is 5.13. The average molecular weight is 327 g/mol. The highest BCUT2D eigenvalue weighted by Crippen LogP contribution is 2.20. The fourth-order valence-electron chi connectivity index (χ4n) is 2.40. The van der Waals surface area contributed by atoms with Crippen molar-refractivity contribution < 1.29 is 17.9 Å². The maximum Gasteiger partial charge on any atom is 0.326 e. The van der Waals surface area contributed by atoms with Gasteiger partial charge in [-0.3, -0.25) is 4.79 Å². The van der Waals surface area contributed by atoms with Crippen LogP contribution >= 0.6 is 0 Å². The number of rotatable bonds is 8. The van der Waals surface area contributed by atoms with Crippen LogP contribution in [0.15, 0.2) is 29.2 Å². The zero-order chi connectivity index (χ0) is 16.8. The van der Waals surface area contributed by atoms with Crippen molar-refractivity contribution in [1.82, 2.24) is 4.72 Å². The molecule has 1 aromatic rings. The van der Waals surface area contributed by atoms with E-state index in [0.717, 1.165) is 18.4 Å². The fraction of sp³-hybridized carbons (Fsp3) is 0.562. The second kappa shape index (κ2) is 7.74. The molecule has 0 aliphatic carbocycles. The molecule has 0 saturated carbocycles. The number of nitrogens with one attached hydrogen (secondary N) is 1. The SMILES string of the molecule is CCCc1ccc(S(=O)(=O)NC(C)(CCC)C(=O)OC)cc1. The summed E-state index contributed by atoms with van der Waals surface area (Å²) in [5, 5.41) is 0. The van der Waals surface area contributed by atoms with Crippen LogP contribution in [0, 0.1) is 0 Å². The van der Waals surface area contributed by atoms with Crippen LogP contribution in [-0.4, -0.2) is 27.0 Å². The molecule has 1 unspecified atom stereocenters. The van der Waals surface area contributed by atoms with E-state index in [1.54, 1.807) is 31.2 Å². The van der Waals surface area contributed by atoms with Gasteiger partial charge < -0.3 is 4.74 Å². The summed E-state index contributed by atoms with van der Waals surface area (Å²) in [6.07, 6.45) is 2.93. The highest BCUT2D eigenvalue weighted by Gasteiger charge is 2.38. The molecule has 6 heteroatoms. The van der Waals surface area contributed by atoms with Gasteiger partial charge >= 0.3 is 5.97 Å². The molecule has 1 N–H and O–H groups in total. The van der Waals surface area contributed by atoms with Crippen molar-refractivity contribution in [2.24, 2.45) is 0 Å². The van der Waals surface area contributed by atoms with Crippen LogP contribution in [0.2, 0.25) is 0 Å². The lowest BCUT2D eigenvalue weighted by Crippen LogP contribution is -2.52. The summed E-state index contributed by atoms with van der Waals surface area (Å²) >= 11 is 0. The highest BCUT2D eigenvalue weighted by atomic mass is 32.2. The molecule has 0 aromatic heterocycles. The lowest BCUT2D eigenvalue weighted by atomic mass is 9.98. The van der Waals surface area contributed by atoms with Gasteiger partial charge in [0.2, 0.25) is 10.0 Å². The molecule has 22 heavy (non-hydrogen) atoms. The predicted molar refractivity (Wildman–Crippen MR) is 86.1 cm³/mol. The number of ether oxygens (including phenoxy) is 1. The van der Waals surface area contributed by atoms with E-state index in [2.05, 4.69) is 11.6 Å². The molecule has 0 aliphatic heterocycles. The van der Waals surface area contributed by atoms with Crippen molar-refractivity contribution in [1.29, 1.82) is 0 Å². The zero-order valence-corrected chi connectivity index (χ0v) is 14.5. The zero-order valence-electron chi connectivity index (χ0n) is 13.7. The number of methoxy groups -OCH3 is 1. The van der Waals surface area contributed by atoms with Crippen LogP contribution in [0.25, 0.3) is 0 Å². The molecular weight excluding hydrogens is 302 g/mol. The minimum Gasteiger partial charge on any atom is -0.468 e. The quantitative estimate of drug-likeness (QED) is 0.745. The fourth-order valence-corrected chi connectivity index (χ4v) is 3.79. The molecule has 1 rings (SSSR count). The summed E-state index contributed by atoms with van der Waals surface area (Å²) in [6, 6.07) is 6.73. The van der Waals surface area contributed by atoms with Gasteiger partial charge in [0.25, 0.3) is 0 Å². The normalized spacial score (nSPS) is 14.4. The first-order valence-corrected chi connectivity index (χ1v) is 8.98. The Morgan fingerprint density at radius 1 is 1.18 bits per heavy atom. The lowest BCUT2D eigenvalue weighted by molar-refractivity contribution is -0.147. The van der Waals surface area contributed by atoms with E-state index in [-0.39, 0.29) is 4.90 Å². The summed E-state index contributed by atoms with van der Waals surface area (Å²) in [6.45, 7) is 5.50. The summed E-state index contributed by atoms with van der Waals surface area (Å²) in [5.41, 5.74) is -0.171. The molecule has 0 saturated heterocycles. The smallest absolute Gasteiger partial charge is 0.326 e. The number of sulfonamides is 1. The first-order valence-electron chi connectivity index (χ1n) is 7.50. The first-order chi connectivity index (χ1) is 10.3. The largest absolute Gasteiger partial charge is 0.468 e. The van der Waals surface area contributed by atoms with Crippen LogP contribution < -0.4 is 4.72 Å². The Morgan fingerprint density at radius 3 is 2.23 bits per heavy atom. The Morgan fingerprint density at radius 2 is 1.77 bits per heavy atom. The molecule has 0 spiro atoms. The molecule has 1 aromatic carbocycles. The Kier molecular flexibility index (Phi) is 6.56.